The van der Waals surface area contributed by atoms with Crippen molar-refractivity contribution in [3.8, 4) is 0 Å². The van der Waals surface area contributed by atoms with Crippen LogP contribution in [-0.2, 0) is 32.8 Å². The first-order chi connectivity index (χ1) is 11.8. The molecule has 0 radical (unpaired) electrons. The van der Waals surface area contributed by atoms with Crippen LogP contribution >= 0.6 is 0 Å². The van der Waals surface area contributed by atoms with Gasteiger partial charge in [-0.1, -0.05) is 18.2 Å². The van der Waals surface area contributed by atoms with E-state index in [9.17, 15) is 19.2 Å². The Morgan fingerprint density at radius 1 is 1.28 bits per heavy atom. The van der Waals surface area contributed by atoms with Crippen molar-refractivity contribution in [3.63, 3.8) is 0 Å². The molecule has 1 aromatic carbocycles. The van der Waals surface area contributed by atoms with Gasteiger partial charge in [0.1, 0.15) is 12.1 Å². The number of primary amides is 1. The summed E-state index contributed by atoms with van der Waals surface area (Å²) in [5.74, 6) is -1.82. The molecule has 0 saturated carbocycles. The predicted molar refractivity (Wildman–Crippen MR) is 88.3 cm³/mol. The van der Waals surface area contributed by atoms with E-state index >= 15 is 0 Å². The number of rotatable bonds is 5. The number of amides is 5. The second-order valence-electron chi connectivity index (χ2n) is 6.53. The Morgan fingerprint density at radius 3 is 2.72 bits per heavy atom. The van der Waals surface area contributed by atoms with Gasteiger partial charge in [0.05, 0.1) is 6.54 Å². The number of carbonyl (C=O) groups excluding carboxylic acids is 4. The highest BCUT2D eigenvalue weighted by molar-refractivity contribution is 6.09. The molecule has 1 fully saturated rings. The first kappa shape index (κ1) is 16.9. The zero-order valence-electron chi connectivity index (χ0n) is 13.9. The first-order valence-corrected chi connectivity index (χ1v) is 8.12. The maximum absolute atomic E-state index is 12.8. The van der Waals surface area contributed by atoms with E-state index in [-0.39, 0.29) is 6.54 Å². The molecule has 1 heterocycles. The quantitative estimate of drug-likeness (QED) is 0.626. The number of nitrogens with two attached hydrogens (primary N) is 1. The molecular weight excluding hydrogens is 324 g/mol. The number of imide groups is 1. The van der Waals surface area contributed by atoms with Gasteiger partial charge in [0.25, 0.3) is 5.91 Å². The molecule has 1 aromatic rings. The van der Waals surface area contributed by atoms with Crippen molar-refractivity contribution in [2.45, 2.75) is 31.7 Å². The average Bonchev–Trinajstić information content (AvgIpc) is 3.11. The summed E-state index contributed by atoms with van der Waals surface area (Å²) in [6, 6.07) is 5.16. The summed E-state index contributed by atoms with van der Waals surface area (Å²) in [5, 5.41) is 4.94. The summed E-state index contributed by atoms with van der Waals surface area (Å²) in [5.41, 5.74) is 6.91. The molecule has 4 N–H and O–H groups in total. The molecule has 0 unspecified atom stereocenters. The van der Waals surface area contributed by atoms with E-state index in [2.05, 4.69) is 10.6 Å². The number of carbonyl (C=O) groups is 4. The van der Waals surface area contributed by atoms with Crippen molar-refractivity contribution < 1.29 is 19.2 Å². The Morgan fingerprint density at radius 2 is 2.00 bits per heavy atom. The zero-order valence-corrected chi connectivity index (χ0v) is 13.9. The molecule has 1 aliphatic carbocycles. The van der Waals surface area contributed by atoms with Crippen molar-refractivity contribution >= 4 is 23.8 Å². The van der Waals surface area contributed by atoms with Crippen LogP contribution in [-0.4, -0.2) is 41.7 Å². The largest absolute Gasteiger partial charge is 0.368 e. The van der Waals surface area contributed by atoms with Gasteiger partial charge in [-0.3, -0.25) is 19.3 Å². The van der Waals surface area contributed by atoms with Crippen LogP contribution in [0.4, 0.5) is 4.79 Å². The Labute approximate surface area is 144 Å². The monoisotopic (exact) mass is 344 g/mol. The van der Waals surface area contributed by atoms with E-state index in [4.69, 9.17) is 5.73 Å². The number of nitrogens with one attached hydrogen (secondary N) is 2. The summed E-state index contributed by atoms with van der Waals surface area (Å²) in [4.78, 5) is 48.3. The molecule has 0 spiro atoms. The topological polar surface area (TPSA) is 122 Å². The van der Waals surface area contributed by atoms with Crippen LogP contribution < -0.4 is 16.4 Å². The lowest BCUT2D eigenvalue weighted by Gasteiger charge is -2.23. The van der Waals surface area contributed by atoms with Crippen molar-refractivity contribution in [2.24, 2.45) is 5.73 Å². The van der Waals surface area contributed by atoms with Crippen molar-refractivity contribution in [3.05, 3.63) is 34.9 Å². The fraction of sp³-hybridized carbons (Fsp3) is 0.412. The third-order valence-corrected chi connectivity index (χ3v) is 4.71. The summed E-state index contributed by atoms with van der Waals surface area (Å²) in [7, 11) is 0. The van der Waals surface area contributed by atoms with Crippen LogP contribution in [0.15, 0.2) is 18.2 Å². The van der Waals surface area contributed by atoms with Gasteiger partial charge in [0.15, 0.2) is 0 Å². The van der Waals surface area contributed by atoms with E-state index < -0.39 is 35.8 Å². The SMILES string of the molecule is C[C@]1(c2ccc3c(c2)CCC3)NC(=O)N(CC(=O)NCC(N)=O)C1=O. The first-order valence-electron chi connectivity index (χ1n) is 8.12. The minimum Gasteiger partial charge on any atom is -0.368 e. The maximum atomic E-state index is 12.8. The van der Waals surface area contributed by atoms with Crippen molar-refractivity contribution in [1.82, 2.24) is 15.5 Å². The van der Waals surface area contributed by atoms with E-state index in [0.717, 1.165) is 24.2 Å². The molecule has 8 heteroatoms. The number of hydrogen-bond acceptors (Lipinski definition) is 4. The van der Waals surface area contributed by atoms with E-state index in [1.165, 1.54) is 11.1 Å². The Balaban J connectivity index is 1.78. The van der Waals surface area contributed by atoms with Gasteiger partial charge >= 0.3 is 6.03 Å². The molecule has 1 saturated heterocycles. The third-order valence-electron chi connectivity index (χ3n) is 4.71. The summed E-state index contributed by atoms with van der Waals surface area (Å²) < 4.78 is 0. The van der Waals surface area contributed by atoms with Crippen molar-refractivity contribution in [2.75, 3.05) is 13.1 Å². The highest BCUT2D eigenvalue weighted by Crippen LogP contribution is 2.32. The lowest BCUT2D eigenvalue weighted by atomic mass is 9.89. The number of hydrogen-bond donors (Lipinski definition) is 3. The molecular formula is C17H20N4O4. The van der Waals surface area contributed by atoms with Crippen LogP contribution in [0.2, 0.25) is 0 Å². The van der Waals surface area contributed by atoms with E-state index in [1.807, 2.05) is 18.2 Å². The molecule has 25 heavy (non-hydrogen) atoms. The minimum absolute atomic E-state index is 0.343. The zero-order chi connectivity index (χ0) is 18.2. The Bertz CT molecular complexity index is 776. The highest BCUT2D eigenvalue weighted by Gasteiger charge is 2.49. The lowest BCUT2D eigenvalue weighted by molar-refractivity contribution is -0.135. The average molecular weight is 344 g/mol. The smallest absolute Gasteiger partial charge is 0.325 e. The molecule has 0 bridgehead atoms. The molecule has 132 valence electrons. The van der Waals surface area contributed by atoms with E-state index in [0.29, 0.717) is 5.56 Å². The van der Waals surface area contributed by atoms with Gasteiger partial charge in [-0.15, -0.1) is 0 Å². The molecule has 8 nitrogen and oxygen atoms in total. The number of nitrogens with zero attached hydrogens (tertiary/aromatic N) is 1. The van der Waals surface area contributed by atoms with Gasteiger partial charge in [-0.2, -0.15) is 0 Å². The standard InChI is InChI=1S/C17H20N4O4/c1-17(12-6-5-10-3-2-4-11(10)7-12)15(24)21(16(25)20-17)9-14(23)19-8-13(18)22/h5-7H,2-4,8-9H2,1H3,(H2,18,22)(H,19,23)(H,20,25)/t17-/m1/s1. The van der Waals surface area contributed by atoms with Crippen LogP contribution in [0.1, 0.15) is 30.0 Å². The maximum Gasteiger partial charge on any atom is 0.325 e. The van der Waals surface area contributed by atoms with Crippen LogP contribution in [0.25, 0.3) is 0 Å². The molecule has 0 aromatic heterocycles. The van der Waals surface area contributed by atoms with Crippen LogP contribution in [0.3, 0.4) is 0 Å². The summed E-state index contributed by atoms with van der Waals surface area (Å²) in [6.45, 7) is 0.828. The van der Waals surface area contributed by atoms with E-state index in [1.54, 1.807) is 6.92 Å². The van der Waals surface area contributed by atoms with Crippen LogP contribution in [0.5, 0.6) is 0 Å². The van der Waals surface area contributed by atoms with Crippen LogP contribution in [0, 0.1) is 0 Å². The van der Waals surface area contributed by atoms with Gasteiger partial charge in [0, 0.05) is 0 Å². The highest BCUT2D eigenvalue weighted by atomic mass is 16.2. The Hall–Kier alpha value is -2.90. The second-order valence-corrected chi connectivity index (χ2v) is 6.53. The van der Waals surface area contributed by atoms with Gasteiger partial charge in [-0.25, -0.2) is 4.79 Å². The fourth-order valence-electron chi connectivity index (χ4n) is 3.30. The van der Waals surface area contributed by atoms with Gasteiger partial charge < -0.3 is 16.4 Å². The predicted octanol–water partition coefficient (Wildman–Crippen LogP) is -0.456. The lowest BCUT2D eigenvalue weighted by Crippen LogP contribution is -2.44. The molecule has 1 atom stereocenters. The number of aryl methyl sites for hydroxylation is 2. The second kappa shape index (κ2) is 6.19. The summed E-state index contributed by atoms with van der Waals surface area (Å²) in [6.07, 6.45) is 3.07. The fourth-order valence-corrected chi connectivity index (χ4v) is 3.30. The molecule has 1 aliphatic heterocycles. The Kier molecular flexibility index (Phi) is 4.20. The van der Waals surface area contributed by atoms with Crippen molar-refractivity contribution in [1.29, 1.82) is 0 Å². The van der Waals surface area contributed by atoms with Gasteiger partial charge in [0.2, 0.25) is 11.8 Å². The number of benzene rings is 1. The number of fused-ring (bicyclic) bond motifs is 1. The summed E-state index contributed by atoms with van der Waals surface area (Å²) >= 11 is 0. The van der Waals surface area contributed by atoms with Gasteiger partial charge in [-0.05, 0) is 42.9 Å². The molecule has 2 aliphatic rings. The number of urea groups is 1. The normalized spacial score (nSPS) is 21.9. The molecule has 3 rings (SSSR count). The third kappa shape index (κ3) is 3.07. The minimum atomic E-state index is -1.21. The molecule has 5 amide bonds.